The van der Waals surface area contributed by atoms with Gasteiger partial charge in [0.25, 0.3) is 11.5 Å². The van der Waals surface area contributed by atoms with Crippen LogP contribution in [0.25, 0.3) is 11.7 Å². The van der Waals surface area contributed by atoms with Crippen molar-refractivity contribution < 1.29 is 9.90 Å². The highest BCUT2D eigenvalue weighted by atomic mass is 32.2. The molecule has 8 nitrogen and oxygen atoms in total. The van der Waals surface area contributed by atoms with E-state index in [0.717, 1.165) is 24.2 Å². The lowest BCUT2D eigenvalue weighted by Gasteiger charge is -2.35. The Kier molecular flexibility index (Phi) is 7.20. The molecule has 2 aliphatic rings. The number of aliphatic hydroxyl groups is 1. The number of thiocarbonyl (C=S) groups is 1. The van der Waals surface area contributed by atoms with Gasteiger partial charge in [0.2, 0.25) is 0 Å². The van der Waals surface area contributed by atoms with Gasteiger partial charge in [0, 0.05) is 38.9 Å². The number of benzene rings is 1. The summed E-state index contributed by atoms with van der Waals surface area (Å²) in [6.07, 6.45) is 3.36. The van der Waals surface area contributed by atoms with Crippen LogP contribution in [0.2, 0.25) is 0 Å². The molecule has 3 aromatic rings. The highest BCUT2D eigenvalue weighted by Gasteiger charge is 2.33. The predicted octanol–water partition coefficient (Wildman–Crippen LogP) is 2.52. The van der Waals surface area contributed by atoms with Gasteiger partial charge in [-0.25, -0.2) is 4.98 Å². The molecular weight excluding hydrogens is 494 g/mol. The zero-order valence-electron chi connectivity index (χ0n) is 20.0. The molecule has 2 fully saturated rings. The first-order chi connectivity index (χ1) is 17.5. The minimum absolute atomic E-state index is 0.116. The molecular formula is C26H27N5O3S2. The average Bonchev–Trinajstić information content (AvgIpc) is 3.15. The van der Waals surface area contributed by atoms with Crippen LogP contribution < -0.4 is 10.5 Å². The number of amides is 1. The summed E-state index contributed by atoms with van der Waals surface area (Å²) in [5.74, 6) is 0.368. The highest BCUT2D eigenvalue weighted by Crippen LogP contribution is 2.34. The van der Waals surface area contributed by atoms with Crippen LogP contribution in [0, 0.1) is 6.92 Å². The Morgan fingerprint density at radius 3 is 2.56 bits per heavy atom. The summed E-state index contributed by atoms with van der Waals surface area (Å²) in [6.45, 7) is 5.91. The van der Waals surface area contributed by atoms with E-state index in [9.17, 15) is 14.7 Å². The molecule has 0 spiro atoms. The van der Waals surface area contributed by atoms with Crippen LogP contribution in [0.15, 0.2) is 58.4 Å². The number of rotatable bonds is 6. The molecule has 10 heteroatoms. The molecule has 0 bridgehead atoms. The van der Waals surface area contributed by atoms with Gasteiger partial charge in [-0.3, -0.25) is 23.8 Å². The zero-order valence-corrected chi connectivity index (χ0v) is 21.6. The first-order valence-electron chi connectivity index (χ1n) is 11.9. The molecule has 36 heavy (non-hydrogen) atoms. The molecule has 186 valence electrons. The van der Waals surface area contributed by atoms with Crippen LogP contribution in [0.3, 0.4) is 0 Å². The second-order valence-corrected chi connectivity index (χ2v) is 10.5. The maximum atomic E-state index is 13.7. The molecule has 2 saturated heterocycles. The number of carbonyl (C=O) groups excluding carboxylic acids is 1. The molecule has 0 radical (unpaired) electrons. The average molecular weight is 522 g/mol. The second-order valence-electron chi connectivity index (χ2n) is 8.84. The van der Waals surface area contributed by atoms with E-state index in [4.69, 9.17) is 17.2 Å². The van der Waals surface area contributed by atoms with Gasteiger partial charge in [-0.2, -0.15) is 0 Å². The zero-order chi connectivity index (χ0) is 25.2. The smallest absolute Gasteiger partial charge is 0.267 e. The van der Waals surface area contributed by atoms with Gasteiger partial charge in [-0.05, 0) is 30.2 Å². The van der Waals surface area contributed by atoms with E-state index in [-0.39, 0.29) is 18.1 Å². The van der Waals surface area contributed by atoms with Gasteiger partial charge >= 0.3 is 0 Å². The third-order valence-electron chi connectivity index (χ3n) is 6.48. The highest BCUT2D eigenvalue weighted by molar-refractivity contribution is 8.26. The molecule has 2 aliphatic heterocycles. The van der Waals surface area contributed by atoms with E-state index in [1.807, 2.05) is 49.4 Å². The number of aryl methyl sites for hydroxylation is 1. The van der Waals surface area contributed by atoms with E-state index in [1.54, 1.807) is 17.2 Å². The first-order valence-corrected chi connectivity index (χ1v) is 13.1. The third kappa shape index (κ3) is 4.81. The number of anilines is 1. The van der Waals surface area contributed by atoms with Crippen molar-refractivity contribution in [1.29, 1.82) is 0 Å². The van der Waals surface area contributed by atoms with Gasteiger partial charge in [0.05, 0.1) is 23.6 Å². The third-order valence-corrected chi connectivity index (χ3v) is 7.86. The molecule has 4 heterocycles. The van der Waals surface area contributed by atoms with Gasteiger partial charge in [0.15, 0.2) is 0 Å². The number of hydrogen-bond donors (Lipinski definition) is 1. The SMILES string of the molecule is Cc1cccn2c(=O)c(/C=C3\SC(=S)N(Cc4ccccc4)C3=O)c(N3CCN(CCO)CC3)nc12. The Bertz CT molecular complexity index is 1400. The van der Waals surface area contributed by atoms with Gasteiger partial charge in [0.1, 0.15) is 15.8 Å². The van der Waals surface area contributed by atoms with Crippen LogP contribution in [-0.2, 0) is 11.3 Å². The largest absolute Gasteiger partial charge is 0.395 e. The Hall–Kier alpha value is -3.05. The summed E-state index contributed by atoms with van der Waals surface area (Å²) >= 11 is 6.74. The molecule has 0 saturated carbocycles. The Balaban J connectivity index is 1.54. The van der Waals surface area contributed by atoms with Crippen molar-refractivity contribution in [3.63, 3.8) is 0 Å². The molecule has 0 aliphatic carbocycles. The molecule has 1 aromatic carbocycles. The van der Waals surface area contributed by atoms with Crippen molar-refractivity contribution in [3.05, 3.63) is 80.6 Å². The number of pyridine rings is 1. The van der Waals surface area contributed by atoms with Crippen LogP contribution in [-0.4, -0.2) is 73.8 Å². The number of piperazine rings is 1. The maximum Gasteiger partial charge on any atom is 0.267 e. The Morgan fingerprint density at radius 1 is 1.08 bits per heavy atom. The van der Waals surface area contributed by atoms with Crippen molar-refractivity contribution >= 4 is 51.7 Å². The summed E-state index contributed by atoms with van der Waals surface area (Å²) in [7, 11) is 0. The number of fused-ring (bicyclic) bond motifs is 1. The molecule has 0 unspecified atom stereocenters. The Labute approximate surface area is 218 Å². The van der Waals surface area contributed by atoms with Gasteiger partial charge < -0.3 is 10.0 Å². The minimum Gasteiger partial charge on any atom is -0.395 e. The lowest BCUT2D eigenvalue weighted by Crippen LogP contribution is -2.48. The number of hydrogen-bond acceptors (Lipinski definition) is 8. The number of carbonyl (C=O) groups is 1. The van der Waals surface area contributed by atoms with Crippen molar-refractivity contribution in [2.75, 3.05) is 44.2 Å². The summed E-state index contributed by atoms with van der Waals surface area (Å²) in [5, 5.41) is 9.28. The monoisotopic (exact) mass is 521 g/mol. The summed E-state index contributed by atoms with van der Waals surface area (Å²) in [5.41, 5.74) is 2.65. The number of thioether (sulfide) groups is 1. The number of nitrogens with zero attached hydrogens (tertiary/aromatic N) is 5. The van der Waals surface area contributed by atoms with E-state index in [2.05, 4.69) is 9.80 Å². The Morgan fingerprint density at radius 2 is 1.83 bits per heavy atom. The molecule has 1 N–H and O–H groups in total. The predicted molar refractivity (Wildman–Crippen MR) is 147 cm³/mol. The first kappa shape index (κ1) is 24.6. The molecule has 2 aromatic heterocycles. The molecule has 1 amide bonds. The second kappa shape index (κ2) is 10.5. The van der Waals surface area contributed by atoms with Gasteiger partial charge in [-0.1, -0.05) is 60.4 Å². The van der Waals surface area contributed by atoms with Crippen molar-refractivity contribution in [1.82, 2.24) is 19.2 Å². The van der Waals surface area contributed by atoms with E-state index < -0.39 is 0 Å². The fourth-order valence-corrected chi connectivity index (χ4v) is 5.76. The van der Waals surface area contributed by atoms with E-state index in [1.165, 1.54) is 16.2 Å². The number of β-amino-alcohol motifs (C(OH)–C–C–N with tert-alkyl or cyclic N) is 1. The van der Waals surface area contributed by atoms with Crippen molar-refractivity contribution in [2.24, 2.45) is 0 Å². The lowest BCUT2D eigenvalue weighted by molar-refractivity contribution is -0.122. The van der Waals surface area contributed by atoms with Crippen LogP contribution in [0.1, 0.15) is 16.7 Å². The summed E-state index contributed by atoms with van der Waals surface area (Å²) < 4.78 is 2.01. The standard InChI is InChI=1S/C26H27N5O3S2/c1-18-6-5-9-30-22(18)27-23(29-12-10-28(11-13-29)14-15-32)20(24(30)33)16-21-25(34)31(26(35)36-21)17-19-7-3-2-4-8-19/h2-9,16,32H,10-15,17H2,1H3/b21-16-. The fraction of sp³-hybridized carbons (Fsp3) is 0.308. The van der Waals surface area contributed by atoms with Crippen molar-refractivity contribution in [3.8, 4) is 0 Å². The van der Waals surface area contributed by atoms with Crippen LogP contribution >= 0.6 is 24.0 Å². The van der Waals surface area contributed by atoms with Crippen LogP contribution in [0.4, 0.5) is 5.82 Å². The number of aromatic nitrogens is 2. The maximum absolute atomic E-state index is 13.7. The summed E-state index contributed by atoms with van der Waals surface area (Å²) in [6, 6.07) is 13.5. The summed E-state index contributed by atoms with van der Waals surface area (Å²) in [4.78, 5) is 38.2. The molecule has 0 atom stereocenters. The van der Waals surface area contributed by atoms with E-state index >= 15 is 0 Å². The lowest BCUT2D eigenvalue weighted by atomic mass is 10.2. The van der Waals surface area contributed by atoms with E-state index in [0.29, 0.717) is 52.4 Å². The topological polar surface area (TPSA) is 81.4 Å². The molecule has 5 rings (SSSR count). The van der Waals surface area contributed by atoms with Crippen molar-refractivity contribution in [2.45, 2.75) is 13.5 Å². The van der Waals surface area contributed by atoms with Crippen LogP contribution in [0.5, 0.6) is 0 Å². The number of aliphatic hydroxyl groups excluding tert-OH is 1. The van der Waals surface area contributed by atoms with Gasteiger partial charge in [-0.15, -0.1) is 0 Å². The minimum atomic E-state index is -0.218. The fourth-order valence-electron chi connectivity index (χ4n) is 4.53. The normalized spacial score (nSPS) is 18.1. The quantitative estimate of drug-likeness (QED) is 0.392.